The molecule has 0 bridgehead atoms. The van der Waals surface area contributed by atoms with Crippen LogP contribution in [0.4, 0.5) is 8.78 Å². The Morgan fingerprint density at radius 1 is 0.952 bits per heavy atom. The van der Waals surface area contributed by atoms with Crippen LogP contribution >= 0.6 is 0 Å². The molecule has 0 saturated heterocycles. The summed E-state index contributed by atoms with van der Waals surface area (Å²) in [5.74, 6) is -0.226. The second-order valence-electron chi connectivity index (χ2n) is 6.18. The summed E-state index contributed by atoms with van der Waals surface area (Å²) in [4.78, 5) is 11.4. The van der Waals surface area contributed by atoms with E-state index in [0.717, 1.165) is 25.7 Å². The fourth-order valence-electron chi connectivity index (χ4n) is 1.62. The van der Waals surface area contributed by atoms with Crippen LogP contribution < -0.4 is 0 Å². The number of thiol groups is 1. The van der Waals surface area contributed by atoms with Gasteiger partial charge in [-0.3, -0.25) is 4.79 Å². The molecule has 126 valence electrons. The summed E-state index contributed by atoms with van der Waals surface area (Å²) in [6.45, 7) is 5.76. The molecule has 21 heavy (non-hydrogen) atoms. The van der Waals surface area contributed by atoms with Gasteiger partial charge in [0, 0.05) is 6.42 Å². The summed E-state index contributed by atoms with van der Waals surface area (Å²) in [7, 11) is -3.67. The molecule has 0 unspecified atom stereocenters. The first-order valence-corrected chi connectivity index (χ1v) is 8.44. The molecule has 0 aliphatic carbocycles. The molecule has 0 atom stereocenters. The van der Waals surface area contributed by atoms with Crippen molar-refractivity contribution >= 4 is 16.7 Å². The van der Waals surface area contributed by atoms with Gasteiger partial charge in [-0.25, -0.2) is 8.42 Å². The van der Waals surface area contributed by atoms with E-state index >= 15 is 0 Å². The van der Waals surface area contributed by atoms with Gasteiger partial charge in [-0.1, -0.05) is 25.7 Å². The summed E-state index contributed by atoms with van der Waals surface area (Å²) in [5, 5.41) is -3.57. The maximum atomic E-state index is 12.7. The lowest BCUT2D eigenvalue weighted by Gasteiger charge is -2.16. The Kier molecular flexibility index (Phi) is 9.01. The summed E-state index contributed by atoms with van der Waals surface area (Å²) in [6.07, 6.45) is 3.44. The minimum atomic E-state index is -3.67. The average Bonchev–Trinajstić information content (AvgIpc) is 2.35. The number of alkyl halides is 2. The van der Waals surface area contributed by atoms with E-state index in [9.17, 15) is 22.0 Å². The smallest absolute Gasteiger partial charge is 0.343 e. The largest absolute Gasteiger partial charge is 0.465 e. The molecule has 0 amide bonds. The lowest BCUT2D eigenvalue weighted by atomic mass is 9.97. The van der Waals surface area contributed by atoms with Crippen molar-refractivity contribution in [3.8, 4) is 0 Å². The third-order valence-corrected chi connectivity index (χ3v) is 3.74. The first-order valence-electron chi connectivity index (χ1n) is 7.27. The van der Waals surface area contributed by atoms with E-state index in [1.165, 1.54) is 0 Å². The van der Waals surface area contributed by atoms with Crippen molar-refractivity contribution in [3.63, 3.8) is 0 Å². The van der Waals surface area contributed by atoms with Crippen molar-refractivity contribution in [1.29, 1.82) is 0 Å². The lowest BCUT2D eigenvalue weighted by molar-refractivity contribution is -0.153. The van der Waals surface area contributed by atoms with Gasteiger partial charge in [0.15, 0.2) is 0 Å². The molecule has 0 aromatic heterocycles. The van der Waals surface area contributed by atoms with Crippen LogP contribution in [0, 0.1) is 5.41 Å². The number of halogens is 2. The van der Waals surface area contributed by atoms with Crippen molar-refractivity contribution in [2.75, 3.05) is 6.61 Å². The minimum Gasteiger partial charge on any atom is -0.465 e. The van der Waals surface area contributed by atoms with Crippen LogP contribution in [0.1, 0.15) is 65.7 Å². The summed E-state index contributed by atoms with van der Waals surface area (Å²) >= 11 is 0. The molecular weight excluding hydrogens is 302 g/mol. The predicted molar refractivity (Wildman–Crippen MR) is 78.0 cm³/mol. The van der Waals surface area contributed by atoms with Crippen molar-refractivity contribution in [3.05, 3.63) is 0 Å². The first-order chi connectivity index (χ1) is 9.57. The Hall–Kier alpha value is -0.720. The second kappa shape index (κ2) is 9.33. The first kappa shape index (κ1) is 20.3. The SMILES string of the molecule is CC(C)(C)C(=O)OCCCCCCCCC(F)(F)[SH](=O)=O. The van der Waals surface area contributed by atoms with Crippen molar-refractivity contribution in [2.24, 2.45) is 5.41 Å². The van der Waals surface area contributed by atoms with Crippen LogP contribution in [0.3, 0.4) is 0 Å². The van der Waals surface area contributed by atoms with Gasteiger partial charge >= 0.3 is 11.2 Å². The number of carbonyl (C=O) groups is 1. The van der Waals surface area contributed by atoms with Gasteiger partial charge in [0.05, 0.1) is 12.0 Å². The molecule has 0 N–H and O–H groups in total. The van der Waals surface area contributed by atoms with Gasteiger partial charge in [-0.05, 0) is 33.6 Å². The van der Waals surface area contributed by atoms with Crippen molar-refractivity contribution in [1.82, 2.24) is 0 Å². The summed E-state index contributed by atoms with van der Waals surface area (Å²) in [5.41, 5.74) is -0.492. The van der Waals surface area contributed by atoms with Crippen LogP contribution in [0.2, 0.25) is 0 Å². The van der Waals surface area contributed by atoms with Crippen molar-refractivity contribution in [2.45, 2.75) is 71.0 Å². The molecule has 0 aliphatic heterocycles. The topological polar surface area (TPSA) is 60.4 Å². The van der Waals surface area contributed by atoms with E-state index in [4.69, 9.17) is 4.74 Å². The molecule has 0 aromatic rings. The van der Waals surface area contributed by atoms with Gasteiger partial charge in [0.1, 0.15) is 0 Å². The van der Waals surface area contributed by atoms with Gasteiger partial charge in [0.2, 0.25) is 10.7 Å². The third kappa shape index (κ3) is 9.77. The van der Waals surface area contributed by atoms with E-state index in [0.29, 0.717) is 13.0 Å². The third-order valence-electron chi connectivity index (χ3n) is 2.98. The Bertz CT molecular complexity index is 379. The quantitative estimate of drug-likeness (QED) is 0.379. The van der Waals surface area contributed by atoms with E-state index in [2.05, 4.69) is 0 Å². The number of esters is 1. The molecule has 0 rings (SSSR count). The van der Waals surface area contributed by atoms with E-state index in [-0.39, 0.29) is 12.4 Å². The van der Waals surface area contributed by atoms with Gasteiger partial charge < -0.3 is 4.74 Å². The molecule has 0 fully saturated rings. The van der Waals surface area contributed by atoms with E-state index in [1.807, 2.05) is 0 Å². The highest BCUT2D eigenvalue weighted by molar-refractivity contribution is 7.73. The minimum absolute atomic E-state index is 0.204. The molecule has 0 spiro atoms. The van der Waals surface area contributed by atoms with Gasteiger partial charge in [-0.15, -0.1) is 0 Å². The van der Waals surface area contributed by atoms with Crippen LogP contribution in [0.5, 0.6) is 0 Å². The van der Waals surface area contributed by atoms with E-state index < -0.39 is 27.8 Å². The predicted octanol–water partition coefficient (Wildman–Crippen LogP) is 3.51. The Morgan fingerprint density at radius 2 is 1.43 bits per heavy atom. The maximum absolute atomic E-state index is 12.7. The molecule has 0 radical (unpaired) electrons. The maximum Gasteiger partial charge on any atom is 0.343 e. The molecular formula is C14H26F2O4S. The Morgan fingerprint density at radius 3 is 1.90 bits per heavy atom. The monoisotopic (exact) mass is 328 g/mol. The Labute approximate surface area is 127 Å². The van der Waals surface area contributed by atoms with E-state index in [1.54, 1.807) is 20.8 Å². The van der Waals surface area contributed by atoms with Crippen LogP contribution in [0.15, 0.2) is 0 Å². The van der Waals surface area contributed by atoms with Crippen LogP contribution in [-0.2, 0) is 20.2 Å². The van der Waals surface area contributed by atoms with Gasteiger partial charge in [0.25, 0.3) is 0 Å². The standard InChI is InChI=1S/C14H26F2O4S/c1-13(2,3)12(17)20-11-9-7-5-4-6-8-10-14(15,16)21(18)19/h21H,4-11H2,1-3H3. The number of unbranched alkanes of at least 4 members (excludes halogenated alkanes) is 5. The number of carbonyl (C=O) groups excluding carboxylic acids is 1. The molecule has 0 heterocycles. The fraction of sp³-hybridized carbons (Fsp3) is 0.929. The zero-order valence-electron chi connectivity index (χ0n) is 13.0. The molecule has 0 aliphatic rings. The van der Waals surface area contributed by atoms with Gasteiger partial charge in [-0.2, -0.15) is 8.78 Å². The fourth-order valence-corrected chi connectivity index (χ4v) is 1.96. The normalized spacial score (nSPS) is 12.7. The van der Waals surface area contributed by atoms with Crippen LogP contribution in [0.25, 0.3) is 0 Å². The molecule has 0 saturated carbocycles. The molecule has 4 nitrogen and oxygen atoms in total. The average molecular weight is 328 g/mol. The van der Waals surface area contributed by atoms with Crippen LogP contribution in [-0.4, -0.2) is 26.2 Å². The second-order valence-corrected chi connectivity index (χ2v) is 7.35. The number of hydrogen-bond acceptors (Lipinski definition) is 4. The lowest BCUT2D eigenvalue weighted by Crippen LogP contribution is -2.23. The number of ether oxygens (including phenoxy) is 1. The molecule has 0 aromatic carbocycles. The number of hydrogen-bond donors (Lipinski definition) is 1. The summed E-state index contributed by atoms with van der Waals surface area (Å²) < 4.78 is 51.1. The highest BCUT2D eigenvalue weighted by Gasteiger charge is 2.31. The van der Waals surface area contributed by atoms with Crippen molar-refractivity contribution < 1.29 is 26.7 Å². The highest BCUT2D eigenvalue weighted by Crippen LogP contribution is 2.23. The zero-order chi connectivity index (χ0) is 16.5. The summed E-state index contributed by atoms with van der Waals surface area (Å²) in [6, 6.07) is 0. The number of rotatable bonds is 10. The highest BCUT2D eigenvalue weighted by atomic mass is 32.2. The Balaban J connectivity index is 3.48. The zero-order valence-corrected chi connectivity index (χ0v) is 13.9. The molecule has 7 heteroatoms.